The maximum atomic E-state index is 13.4. The highest BCUT2D eigenvalue weighted by molar-refractivity contribution is 8.03. The molecule has 37 heavy (non-hydrogen) atoms. The van der Waals surface area contributed by atoms with Gasteiger partial charge in [-0.05, 0) is 67.6 Å². The van der Waals surface area contributed by atoms with E-state index in [9.17, 15) is 19.2 Å². The number of carbonyl (C=O) groups excluding carboxylic acids is 2. The molecule has 8 nitrogen and oxygen atoms in total. The number of anilines is 2. The molecule has 2 heterocycles. The number of nitrogens with one attached hydrogen (secondary N) is 3. The van der Waals surface area contributed by atoms with Gasteiger partial charge in [-0.25, -0.2) is 4.39 Å². The quantitative estimate of drug-likeness (QED) is 0.378. The van der Waals surface area contributed by atoms with Gasteiger partial charge in [0, 0.05) is 17.1 Å². The molecule has 0 saturated heterocycles. The van der Waals surface area contributed by atoms with E-state index in [0.29, 0.717) is 39.2 Å². The van der Waals surface area contributed by atoms with Crippen LogP contribution in [0.2, 0.25) is 0 Å². The molecule has 188 valence electrons. The van der Waals surface area contributed by atoms with E-state index in [1.807, 2.05) is 0 Å². The maximum absolute atomic E-state index is 13.4. The molecule has 0 bridgehead atoms. The van der Waals surface area contributed by atoms with Crippen molar-refractivity contribution in [3.8, 4) is 11.8 Å². The summed E-state index contributed by atoms with van der Waals surface area (Å²) in [5.41, 5.74) is 2.11. The van der Waals surface area contributed by atoms with Crippen molar-refractivity contribution in [3.05, 3.63) is 100 Å². The van der Waals surface area contributed by atoms with Crippen molar-refractivity contribution in [2.45, 2.75) is 12.8 Å². The molecular weight excluding hydrogens is 495 g/mol. The van der Waals surface area contributed by atoms with E-state index < -0.39 is 17.6 Å². The van der Waals surface area contributed by atoms with Gasteiger partial charge in [0.1, 0.15) is 17.3 Å². The van der Waals surface area contributed by atoms with Crippen LogP contribution in [0.4, 0.5) is 15.8 Å². The van der Waals surface area contributed by atoms with Crippen LogP contribution >= 0.6 is 11.8 Å². The summed E-state index contributed by atoms with van der Waals surface area (Å²) < 4.78 is 23.9. The minimum atomic E-state index is -0.776. The third kappa shape index (κ3) is 6.02. The first-order chi connectivity index (χ1) is 17.9. The third-order valence-electron chi connectivity index (χ3n) is 5.54. The number of thioether (sulfide) groups is 1. The first kappa shape index (κ1) is 25.6. The molecular formula is C27H23FN4O4S. The Hall–Kier alpha value is -4.49. The zero-order chi connectivity index (χ0) is 26.4. The fraction of sp³-hybridized carbons (Fsp3) is 0.148. The monoisotopic (exact) mass is 518 g/mol. The molecule has 0 spiro atoms. The number of amides is 2. The summed E-state index contributed by atoms with van der Waals surface area (Å²) in [5.74, 6) is -0.851. The summed E-state index contributed by atoms with van der Waals surface area (Å²) in [6, 6.07) is 17.9. The van der Waals surface area contributed by atoms with E-state index in [1.165, 1.54) is 30.5 Å². The van der Waals surface area contributed by atoms with E-state index in [-0.39, 0.29) is 17.2 Å². The third-order valence-corrected chi connectivity index (χ3v) is 6.56. The maximum Gasteiger partial charge on any atom is 0.254 e. The van der Waals surface area contributed by atoms with E-state index in [2.05, 4.69) is 22.0 Å². The Morgan fingerprint density at radius 1 is 1.11 bits per heavy atom. The van der Waals surface area contributed by atoms with Crippen LogP contribution in [0, 0.1) is 17.1 Å². The summed E-state index contributed by atoms with van der Waals surface area (Å²) in [4.78, 5) is 25.9. The Morgan fingerprint density at radius 2 is 1.78 bits per heavy atom. The van der Waals surface area contributed by atoms with E-state index in [0.717, 1.165) is 11.8 Å². The Morgan fingerprint density at radius 3 is 2.41 bits per heavy atom. The van der Waals surface area contributed by atoms with Crippen LogP contribution in [0.15, 0.2) is 93.2 Å². The SMILES string of the molecule is COc1ccc(NC(=O)C2=C(C)NC(SCC(=O)Nc3ccc(F)cc3)=C(C#N)[C@@H]2c2ccco2)cc1. The number of nitriles is 1. The lowest BCUT2D eigenvalue weighted by Gasteiger charge is -2.28. The molecule has 0 aliphatic carbocycles. The summed E-state index contributed by atoms with van der Waals surface area (Å²) in [7, 11) is 1.56. The molecule has 0 fully saturated rings. The van der Waals surface area contributed by atoms with E-state index >= 15 is 0 Å². The zero-order valence-corrected chi connectivity index (χ0v) is 20.8. The Bertz CT molecular complexity index is 1390. The van der Waals surface area contributed by atoms with Crippen LogP contribution in [0.3, 0.4) is 0 Å². The van der Waals surface area contributed by atoms with Crippen LogP contribution in [0.25, 0.3) is 0 Å². The molecule has 2 amide bonds. The van der Waals surface area contributed by atoms with Gasteiger partial charge in [-0.15, -0.1) is 0 Å². The van der Waals surface area contributed by atoms with Crippen molar-refractivity contribution < 1.29 is 23.1 Å². The summed E-state index contributed by atoms with van der Waals surface area (Å²) in [6.07, 6.45) is 1.48. The van der Waals surface area contributed by atoms with Crippen molar-refractivity contribution in [2.24, 2.45) is 0 Å². The minimum absolute atomic E-state index is 0.0174. The lowest BCUT2D eigenvalue weighted by Crippen LogP contribution is -2.31. The van der Waals surface area contributed by atoms with Crippen LogP contribution in [0.5, 0.6) is 5.75 Å². The standard InChI is InChI=1S/C27H23FN4O4S/c1-16-24(26(34)32-19-9-11-20(35-2)12-10-19)25(22-4-3-13-36-22)21(14-29)27(30-16)37-15-23(33)31-18-7-5-17(28)6-8-18/h3-13,25,30H,15H2,1-2H3,(H,31,33)(H,32,34)/t25-/m1/s1. The zero-order valence-electron chi connectivity index (χ0n) is 20.0. The average molecular weight is 519 g/mol. The number of methoxy groups -OCH3 is 1. The molecule has 1 aliphatic heterocycles. The first-order valence-electron chi connectivity index (χ1n) is 11.2. The van der Waals surface area contributed by atoms with Gasteiger partial charge in [0.25, 0.3) is 5.91 Å². The molecule has 10 heteroatoms. The molecule has 3 N–H and O–H groups in total. The van der Waals surface area contributed by atoms with Crippen LogP contribution in [-0.2, 0) is 9.59 Å². The molecule has 1 atom stereocenters. The second-order valence-electron chi connectivity index (χ2n) is 7.99. The molecule has 0 saturated carbocycles. The lowest BCUT2D eigenvalue weighted by molar-refractivity contribution is -0.114. The highest BCUT2D eigenvalue weighted by atomic mass is 32.2. The first-order valence-corrected chi connectivity index (χ1v) is 12.2. The van der Waals surface area contributed by atoms with Gasteiger partial charge in [0.05, 0.1) is 47.3 Å². The molecule has 0 unspecified atom stereocenters. The fourth-order valence-corrected chi connectivity index (χ4v) is 4.70. The number of benzene rings is 2. The Labute approximate surface area is 217 Å². The van der Waals surface area contributed by atoms with Crippen LogP contribution < -0.4 is 20.7 Å². The number of ether oxygens (including phenoxy) is 1. The van der Waals surface area contributed by atoms with Gasteiger partial charge in [-0.1, -0.05) is 11.8 Å². The fourth-order valence-electron chi connectivity index (χ4n) is 3.81. The van der Waals surface area contributed by atoms with Crippen molar-refractivity contribution in [1.82, 2.24) is 5.32 Å². The number of dihydropyridines is 1. The summed E-state index contributed by atoms with van der Waals surface area (Å²) >= 11 is 1.13. The number of halogens is 1. The number of carbonyl (C=O) groups is 2. The number of rotatable bonds is 8. The predicted octanol–water partition coefficient (Wildman–Crippen LogP) is 5.13. The van der Waals surface area contributed by atoms with Gasteiger partial charge >= 0.3 is 0 Å². The van der Waals surface area contributed by atoms with E-state index in [1.54, 1.807) is 50.4 Å². The summed E-state index contributed by atoms with van der Waals surface area (Å²) in [6.45, 7) is 1.73. The molecule has 1 aliphatic rings. The molecule has 0 radical (unpaired) electrons. The normalized spacial score (nSPS) is 15.0. The average Bonchev–Trinajstić information content (AvgIpc) is 3.43. The molecule has 2 aromatic carbocycles. The number of furan rings is 1. The van der Waals surface area contributed by atoms with Crippen LogP contribution in [0.1, 0.15) is 18.6 Å². The molecule has 3 aromatic rings. The largest absolute Gasteiger partial charge is 0.497 e. The number of allylic oxidation sites excluding steroid dienone is 2. The van der Waals surface area contributed by atoms with Gasteiger partial charge in [-0.3, -0.25) is 9.59 Å². The van der Waals surface area contributed by atoms with Crippen molar-refractivity contribution in [2.75, 3.05) is 23.5 Å². The van der Waals surface area contributed by atoms with Gasteiger partial charge in [0.2, 0.25) is 5.91 Å². The number of hydrogen-bond acceptors (Lipinski definition) is 7. The van der Waals surface area contributed by atoms with Gasteiger partial charge < -0.3 is 25.1 Å². The Balaban J connectivity index is 1.56. The summed E-state index contributed by atoms with van der Waals surface area (Å²) in [5, 5.41) is 19.2. The Kier molecular flexibility index (Phi) is 7.95. The smallest absolute Gasteiger partial charge is 0.254 e. The second-order valence-corrected chi connectivity index (χ2v) is 8.98. The van der Waals surface area contributed by atoms with Crippen LogP contribution in [-0.4, -0.2) is 24.7 Å². The topological polar surface area (TPSA) is 116 Å². The number of nitrogens with zero attached hydrogens (tertiary/aromatic N) is 1. The van der Waals surface area contributed by atoms with Crippen molar-refractivity contribution >= 4 is 35.0 Å². The second kappa shape index (κ2) is 11.5. The predicted molar refractivity (Wildman–Crippen MR) is 139 cm³/mol. The van der Waals surface area contributed by atoms with Gasteiger partial charge in [0.15, 0.2) is 0 Å². The van der Waals surface area contributed by atoms with Crippen molar-refractivity contribution in [3.63, 3.8) is 0 Å². The highest BCUT2D eigenvalue weighted by Gasteiger charge is 2.36. The molecule has 1 aromatic heterocycles. The van der Waals surface area contributed by atoms with E-state index in [4.69, 9.17) is 9.15 Å². The van der Waals surface area contributed by atoms with Gasteiger partial charge in [-0.2, -0.15) is 5.26 Å². The van der Waals surface area contributed by atoms with Crippen molar-refractivity contribution in [1.29, 1.82) is 5.26 Å². The lowest BCUT2D eigenvalue weighted by atomic mass is 9.85. The highest BCUT2D eigenvalue weighted by Crippen LogP contribution is 2.41. The minimum Gasteiger partial charge on any atom is -0.497 e. The molecule has 4 rings (SSSR count). The number of hydrogen-bond donors (Lipinski definition) is 3.